The summed E-state index contributed by atoms with van der Waals surface area (Å²) in [7, 11) is 0. The molecular formula is C14H19N3O2. The Hall–Kier alpha value is -1.62. The SMILES string of the molecule is O=C(C1CCCN1)N1CCC(Oc2cccnc2)C1. The first-order valence-electron chi connectivity index (χ1n) is 6.92. The number of likely N-dealkylation sites (tertiary alicyclic amines) is 1. The monoisotopic (exact) mass is 261 g/mol. The van der Waals surface area contributed by atoms with Crippen LogP contribution in [0.2, 0.25) is 0 Å². The largest absolute Gasteiger partial charge is 0.487 e. The molecule has 3 heterocycles. The van der Waals surface area contributed by atoms with Gasteiger partial charge in [0.2, 0.25) is 5.91 Å². The van der Waals surface area contributed by atoms with E-state index in [0.717, 1.165) is 38.1 Å². The summed E-state index contributed by atoms with van der Waals surface area (Å²) in [6.07, 6.45) is 6.48. The van der Waals surface area contributed by atoms with Gasteiger partial charge in [0, 0.05) is 19.2 Å². The van der Waals surface area contributed by atoms with E-state index >= 15 is 0 Å². The number of carbonyl (C=O) groups is 1. The molecule has 2 aliphatic rings. The molecule has 1 aromatic rings. The van der Waals surface area contributed by atoms with E-state index in [9.17, 15) is 4.79 Å². The first-order chi connectivity index (χ1) is 9.33. The lowest BCUT2D eigenvalue weighted by molar-refractivity contribution is -0.132. The van der Waals surface area contributed by atoms with E-state index in [0.29, 0.717) is 6.54 Å². The Balaban J connectivity index is 1.53. The molecule has 0 spiro atoms. The highest BCUT2D eigenvalue weighted by Gasteiger charge is 2.32. The molecule has 0 bridgehead atoms. The van der Waals surface area contributed by atoms with Gasteiger partial charge in [-0.05, 0) is 31.5 Å². The van der Waals surface area contributed by atoms with Crippen LogP contribution in [0.15, 0.2) is 24.5 Å². The predicted molar refractivity (Wildman–Crippen MR) is 70.9 cm³/mol. The average Bonchev–Trinajstić information content (AvgIpc) is 3.10. The fourth-order valence-corrected chi connectivity index (χ4v) is 2.75. The molecule has 2 saturated heterocycles. The maximum Gasteiger partial charge on any atom is 0.239 e. The van der Waals surface area contributed by atoms with Crippen LogP contribution < -0.4 is 10.1 Å². The van der Waals surface area contributed by atoms with Crippen LogP contribution in [0.25, 0.3) is 0 Å². The van der Waals surface area contributed by atoms with Crippen LogP contribution in [-0.2, 0) is 4.79 Å². The highest BCUT2D eigenvalue weighted by molar-refractivity contribution is 5.82. The third-order valence-corrected chi connectivity index (χ3v) is 3.75. The zero-order valence-corrected chi connectivity index (χ0v) is 10.9. The Kier molecular flexibility index (Phi) is 3.64. The van der Waals surface area contributed by atoms with Gasteiger partial charge in [0.25, 0.3) is 0 Å². The maximum atomic E-state index is 12.2. The molecule has 3 rings (SSSR count). The van der Waals surface area contributed by atoms with Crippen LogP contribution in [0.4, 0.5) is 0 Å². The van der Waals surface area contributed by atoms with Gasteiger partial charge in [-0.3, -0.25) is 9.78 Å². The molecule has 0 aliphatic carbocycles. The Labute approximate surface area is 113 Å². The van der Waals surface area contributed by atoms with Gasteiger partial charge in [-0.2, -0.15) is 0 Å². The van der Waals surface area contributed by atoms with Crippen molar-refractivity contribution in [1.82, 2.24) is 15.2 Å². The first kappa shape index (κ1) is 12.4. The molecule has 0 saturated carbocycles. The van der Waals surface area contributed by atoms with Crippen molar-refractivity contribution in [2.24, 2.45) is 0 Å². The van der Waals surface area contributed by atoms with Gasteiger partial charge >= 0.3 is 0 Å². The summed E-state index contributed by atoms with van der Waals surface area (Å²) in [6, 6.07) is 3.78. The highest BCUT2D eigenvalue weighted by Crippen LogP contribution is 2.19. The number of nitrogens with one attached hydrogen (secondary N) is 1. The van der Waals surface area contributed by atoms with Gasteiger partial charge in [0.05, 0.1) is 18.8 Å². The molecule has 1 aromatic heterocycles. The van der Waals surface area contributed by atoms with Crippen LogP contribution in [0.1, 0.15) is 19.3 Å². The summed E-state index contributed by atoms with van der Waals surface area (Å²) in [6.45, 7) is 2.44. The molecule has 1 N–H and O–H groups in total. The van der Waals surface area contributed by atoms with Crippen LogP contribution in [0, 0.1) is 0 Å². The second kappa shape index (κ2) is 5.57. The zero-order chi connectivity index (χ0) is 13.1. The lowest BCUT2D eigenvalue weighted by Crippen LogP contribution is -2.43. The third-order valence-electron chi connectivity index (χ3n) is 3.75. The lowest BCUT2D eigenvalue weighted by Gasteiger charge is -2.20. The van der Waals surface area contributed by atoms with Gasteiger partial charge in [-0.1, -0.05) is 0 Å². The summed E-state index contributed by atoms with van der Waals surface area (Å²) < 4.78 is 5.84. The van der Waals surface area contributed by atoms with Crippen molar-refractivity contribution in [3.63, 3.8) is 0 Å². The van der Waals surface area contributed by atoms with E-state index in [-0.39, 0.29) is 18.1 Å². The molecule has 102 valence electrons. The van der Waals surface area contributed by atoms with E-state index in [2.05, 4.69) is 10.3 Å². The molecule has 2 unspecified atom stereocenters. The number of pyridine rings is 1. The number of amides is 1. The predicted octanol–water partition coefficient (Wildman–Crippen LogP) is 0.813. The van der Waals surface area contributed by atoms with Crippen LogP contribution in [0.5, 0.6) is 5.75 Å². The highest BCUT2D eigenvalue weighted by atomic mass is 16.5. The van der Waals surface area contributed by atoms with Crippen molar-refractivity contribution in [2.75, 3.05) is 19.6 Å². The molecule has 2 aliphatic heterocycles. The Morgan fingerprint density at radius 3 is 3.16 bits per heavy atom. The second-order valence-corrected chi connectivity index (χ2v) is 5.15. The molecule has 1 amide bonds. The third kappa shape index (κ3) is 2.87. The van der Waals surface area contributed by atoms with Crippen molar-refractivity contribution >= 4 is 5.91 Å². The number of carbonyl (C=O) groups excluding carboxylic acids is 1. The van der Waals surface area contributed by atoms with Gasteiger partial charge in [-0.25, -0.2) is 0 Å². The summed E-state index contributed by atoms with van der Waals surface area (Å²) in [4.78, 5) is 18.2. The second-order valence-electron chi connectivity index (χ2n) is 5.15. The summed E-state index contributed by atoms with van der Waals surface area (Å²) in [5.74, 6) is 1.01. The van der Waals surface area contributed by atoms with Gasteiger partial charge < -0.3 is 15.0 Å². The molecule has 0 aromatic carbocycles. The standard InChI is InChI=1S/C14H19N3O2/c18-14(13-4-2-7-16-13)17-8-5-12(10-17)19-11-3-1-6-15-9-11/h1,3,6,9,12-13,16H,2,4-5,7-8,10H2. The zero-order valence-electron chi connectivity index (χ0n) is 10.9. The fourth-order valence-electron chi connectivity index (χ4n) is 2.75. The summed E-state index contributed by atoms with van der Waals surface area (Å²) in [5, 5.41) is 3.26. The lowest BCUT2D eigenvalue weighted by atomic mass is 10.2. The summed E-state index contributed by atoms with van der Waals surface area (Å²) in [5.41, 5.74) is 0. The van der Waals surface area contributed by atoms with Crippen molar-refractivity contribution in [3.05, 3.63) is 24.5 Å². The average molecular weight is 261 g/mol. The topological polar surface area (TPSA) is 54.5 Å². The van der Waals surface area contributed by atoms with Crippen LogP contribution in [0.3, 0.4) is 0 Å². The Bertz CT molecular complexity index is 432. The van der Waals surface area contributed by atoms with E-state index in [1.807, 2.05) is 17.0 Å². The number of rotatable bonds is 3. The Morgan fingerprint density at radius 1 is 1.47 bits per heavy atom. The van der Waals surface area contributed by atoms with Gasteiger partial charge in [0.15, 0.2) is 0 Å². The van der Waals surface area contributed by atoms with E-state index < -0.39 is 0 Å². The molecular weight excluding hydrogens is 242 g/mol. The fraction of sp³-hybridized carbons (Fsp3) is 0.571. The first-order valence-corrected chi connectivity index (χ1v) is 6.92. The Morgan fingerprint density at radius 2 is 2.42 bits per heavy atom. The van der Waals surface area contributed by atoms with Crippen molar-refractivity contribution < 1.29 is 9.53 Å². The number of hydrogen-bond acceptors (Lipinski definition) is 4. The number of nitrogens with zero attached hydrogens (tertiary/aromatic N) is 2. The molecule has 2 fully saturated rings. The quantitative estimate of drug-likeness (QED) is 0.875. The van der Waals surface area contributed by atoms with E-state index in [4.69, 9.17) is 4.74 Å². The minimum Gasteiger partial charge on any atom is -0.487 e. The van der Waals surface area contributed by atoms with Gasteiger partial charge in [-0.15, -0.1) is 0 Å². The number of ether oxygens (including phenoxy) is 1. The molecule has 19 heavy (non-hydrogen) atoms. The minimum absolute atomic E-state index is 0.0251. The molecule has 2 atom stereocenters. The van der Waals surface area contributed by atoms with Crippen LogP contribution in [-0.4, -0.2) is 47.6 Å². The van der Waals surface area contributed by atoms with Gasteiger partial charge in [0.1, 0.15) is 11.9 Å². The van der Waals surface area contributed by atoms with Crippen molar-refractivity contribution in [1.29, 1.82) is 0 Å². The molecule has 5 heteroatoms. The van der Waals surface area contributed by atoms with E-state index in [1.54, 1.807) is 12.4 Å². The maximum absolute atomic E-state index is 12.2. The number of hydrogen-bond donors (Lipinski definition) is 1. The molecule has 0 radical (unpaired) electrons. The summed E-state index contributed by atoms with van der Waals surface area (Å²) >= 11 is 0. The molecule has 5 nitrogen and oxygen atoms in total. The van der Waals surface area contributed by atoms with Crippen molar-refractivity contribution in [2.45, 2.75) is 31.4 Å². The van der Waals surface area contributed by atoms with Crippen LogP contribution >= 0.6 is 0 Å². The van der Waals surface area contributed by atoms with E-state index in [1.165, 1.54) is 0 Å². The van der Waals surface area contributed by atoms with Crippen molar-refractivity contribution in [3.8, 4) is 5.75 Å². The minimum atomic E-state index is 0.0251. The normalized spacial score (nSPS) is 26.6. The smallest absolute Gasteiger partial charge is 0.239 e. The number of aromatic nitrogens is 1.